The van der Waals surface area contributed by atoms with Crippen molar-refractivity contribution in [3.8, 4) is 0 Å². The van der Waals surface area contributed by atoms with Gasteiger partial charge in [-0.15, -0.1) is 0 Å². The van der Waals surface area contributed by atoms with Crippen LogP contribution in [0, 0.1) is 11.6 Å². The molecular formula is C26H27F2N3O. The minimum atomic E-state index is -0.223. The number of halogens is 2. The molecule has 3 heterocycles. The molecule has 0 radical (unpaired) electrons. The molecule has 1 aromatic heterocycles. The summed E-state index contributed by atoms with van der Waals surface area (Å²) >= 11 is 0. The minimum Gasteiger partial charge on any atom is -0.310 e. The molecule has 4 nitrogen and oxygen atoms in total. The molecule has 1 N–H and O–H groups in total. The summed E-state index contributed by atoms with van der Waals surface area (Å²) in [7, 11) is 0. The van der Waals surface area contributed by atoms with Gasteiger partial charge in [0.25, 0.3) is 5.56 Å². The Balaban J connectivity index is 1.15. The van der Waals surface area contributed by atoms with Gasteiger partial charge in [0.15, 0.2) is 0 Å². The number of benzene rings is 2. The van der Waals surface area contributed by atoms with E-state index in [2.05, 4.69) is 10.2 Å². The van der Waals surface area contributed by atoms with Gasteiger partial charge in [0.05, 0.1) is 5.52 Å². The summed E-state index contributed by atoms with van der Waals surface area (Å²) in [6.07, 6.45) is 6.01. The van der Waals surface area contributed by atoms with Crippen molar-refractivity contribution < 1.29 is 8.78 Å². The average Bonchev–Trinajstić information content (AvgIpc) is 3.18. The molecule has 0 spiro atoms. The normalized spacial score (nSPS) is 19.4. The number of rotatable bonds is 6. The highest BCUT2D eigenvalue weighted by molar-refractivity contribution is 5.84. The molecular weight excluding hydrogens is 408 g/mol. The van der Waals surface area contributed by atoms with Crippen LogP contribution in [0.3, 0.4) is 0 Å². The fourth-order valence-electron chi connectivity index (χ4n) is 5.10. The topological polar surface area (TPSA) is 37.3 Å². The van der Waals surface area contributed by atoms with Crippen LogP contribution < -0.4 is 10.9 Å². The molecule has 166 valence electrons. The second kappa shape index (κ2) is 8.96. The molecule has 0 amide bonds. The number of nitrogens with one attached hydrogen (secondary N) is 1. The Morgan fingerprint density at radius 1 is 1.06 bits per heavy atom. The molecule has 1 saturated heterocycles. The van der Waals surface area contributed by atoms with Crippen LogP contribution in [0.25, 0.3) is 17.0 Å². The number of pyridine rings is 1. The quantitative estimate of drug-likeness (QED) is 0.632. The third-order valence-corrected chi connectivity index (χ3v) is 6.70. The van der Waals surface area contributed by atoms with E-state index in [1.807, 2.05) is 18.2 Å². The number of hydrogen-bond donors (Lipinski definition) is 1. The van der Waals surface area contributed by atoms with Gasteiger partial charge in [-0.05, 0) is 67.2 Å². The van der Waals surface area contributed by atoms with Crippen LogP contribution in [0.2, 0.25) is 0 Å². The van der Waals surface area contributed by atoms with Crippen molar-refractivity contribution in [2.75, 3.05) is 26.2 Å². The summed E-state index contributed by atoms with van der Waals surface area (Å²) in [5, 5.41) is 4.48. The number of aromatic nitrogens is 1. The van der Waals surface area contributed by atoms with Crippen LogP contribution in [0.5, 0.6) is 0 Å². The predicted molar refractivity (Wildman–Crippen MR) is 124 cm³/mol. The Kier molecular flexibility index (Phi) is 5.89. The Labute approximate surface area is 186 Å². The lowest BCUT2D eigenvalue weighted by Gasteiger charge is -2.34. The van der Waals surface area contributed by atoms with E-state index in [4.69, 9.17) is 0 Å². The Morgan fingerprint density at radius 2 is 1.88 bits per heavy atom. The van der Waals surface area contributed by atoms with Crippen LogP contribution in [-0.2, 0) is 6.54 Å². The first-order valence-electron chi connectivity index (χ1n) is 11.3. The fraction of sp³-hybridized carbons (Fsp3) is 0.346. The maximum atomic E-state index is 14.7. The van der Waals surface area contributed by atoms with Gasteiger partial charge in [-0.3, -0.25) is 4.79 Å². The average molecular weight is 436 g/mol. The summed E-state index contributed by atoms with van der Waals surface area (Å²) in [5.41, 5.74) is 2.27. The van der Waals surface area contributed by atoms with E-state index in [9.17, 15) is 13.6 Å². The summed E-state index contributed by atoms with van der Waals surface area (Å²) in [6.45, 7) is 3.96. The predicted octanol–water partition coefficient (Wildman–Crippen LogP) is 4.14. The van der Waals surface area contributed by atoms with Gasteiger partial charge in [0, 0.05) is 43.2 Å². The van der Waals surface area contributed by atoms with Crippen LogP contribution in [-0.4, -0.2) is 41.7 Å². The fourth-order valence-corrected chi connectivity index (χ4v) is 5.10. The second-order valence-corrected chi connectivity index (χ2v) is 8.82. The van der Waals surface area contributed by atoms with Crippen LogP contribution in [0.15, 0.2) is 59.4 Å². The maximum absolute atomic E-state index is 14.7. The Morgan fingerprint density at radius 3 is 2.69 bits per heavy atom. The van der Waals surface area contributed by atoms with Crippen molar-refractivity contribution in [1.82, 2.24) is 14.8 Å². The second-order valence-electron chi connectivity index (χ2n) is 8.82. The summed E-state index contributed by atoms with van der Waals surface area (Å²) in [4.78, 5) is 14.7. The monoisotopic (exact) mass is 435 g/mol. The van der Waals surface area contributed by atoms with E-state index in [-0.39, 0.29) is 23.1 Å². The first-order chi connectivity index (χ1) is 15.6. The maximum Gasteiger partial charge on any atom is 0.251 e. The molecule has 5 rings (SSSR count). The SMILES string of the molecule is O=c1ccc2ccc(F)c3c2n1C[C@H]3CN1CCC(NC/C=C/c2cccc(F)c2)CC1. The largest absolute Gasteiger partial charge is 0.310 e. The molecule has 32 heavy (non-hydrogen) atoms. The summed E-state index contributed by atoms with van der Waals surface area (Å²) < 4.78 is 29.7. The van der Waals surface area contributed by atoms with Gasteiger partial charge in [-0.1, -0.05) is 24.3 Å². The zero-order valence-corrected chi connectivity index (χ0v) is 17.9. The lowest BCUT2D eigenvalue weighted by atomic mass is 9.97. The Hall–Kier alpha value is -2.83. The van der Waals surface area contributed by atoms with Crippen molar-refractivity contribution >= 4 is 17.0 Å². The first kappa shape index (κ1) is 21.0. The van der Waals surface area contributed by atoms with Crippen molar-refractivity contribution in [3.63, 3.8) is 0 Å². The van der Waals surface area contributed by atoms with Crippen molar-refractivity contribution in [2.24, 2.45) is 0 Å². The van der Waals surface area contributed by atoms with Gasteiger partial charge in [0.1, 0.15) is 11.6 Å². The van der Waals surface area contributed by atoms with Gasteiger partial charge >= 0.3 is 0 Å². The molecule has 2 aromatic carbocycles. The molecule has 1 atom stereocenters. The molecule has 0 bridgehead atoms. The lowest BCUT2D eigenvalue weighted by Crippen LogP contribution is -2.44. The standard InChI is InChI=1S/C26H27F2N3O/c27-21-5-1-3-18(15-21)4-2-12-29-22-10-13-30(14-11-22)16-20-17-31-24(32)9-7-19-6-8-23(28)25(20)26(19)31/h1-9,15,20,22,29H,10-14,16-17H2/b4-2+/t20-/m1/s1. The van der Waals surface area contributed by atoms with Crippen LogP contribution >= 0.6 is 0 Å². The highest BCUT2D eigenvalue weighted by Gasteiger charge is 2.31. The van der Waals surface area contributed by atoms with Crippen molar-refractivity contribution in [3.05, 3.63) is 87.7 Å². The molecule has 0 aliphatic carbocycles. The molecule has 0 saturated carbocycles. The Bertz CT molecular complexity index is 1210. The molecule has 3 aromatic rings. The van der Waals surface area contributed by atoms with E-state index in [0.29, 0.717) is 18.2 Å². The number of hydrogen-bond acceptors (Lipinski definition) is 3. The highest BCUT2D eigenvalue weighted by Crippen LogP contribution is 2.35. The first-order valence-corrected chi connectivity index (χ1v) is 11.3. The zero-order chi connectivity index (χ0) is 22.1. The molecule has 1 fully saturated rings. The molecule has 6 heteroatoms. The molecule has 0 unspecified atom stereocenters. The van der Waals surface area contributed by atoms with E-state index < -0.39 is 0 Å². The smallest absolute Gasteiger partial charge is 0.251 e. The van der Waals surface area contributed by atoms with Crippen molar-refractivity contribution in [2.45, 2.75) is 31.3 Å². The van der Waals surface area contributed by atoms with E-state index in [0.717, 1.165) is 55.5 Å². The third-order valence-electron chi connectivity index (χ3n) is 6.70. The minimum absolute atomic E-state index is 0.00695. The third kappa shape index (κ3) is 4.25. The van der Waals surface area contributed by atoms with E-state index in [1.54, 1.807) is 28.8 Å². The lowest BCUT2D eigenvalue weighted by molar-refractivity contribution is 0.186. The van der Waals surface area contributed by atoms with Crippen molar-refractivity contribution in [1.29, 1.82) is 0 Å². The number of likely N-dealkylation sites (tertiary alicyclic amines) is 1. The summed E-state index contributed by atoms with van der Waals surface area (Å²) in [5.74, 6) is -0.424. The zero-order valence-electron chi connectivity index (χ0n) is 17.9. The summed E-state index contributed by atoms with van der Waals surface area (Å²) in [6, 6.07) is 13.7. The van der Waals surface area contributed by atoms with Crippen LogP contribution in [0.4, 0.5) is 8.78 Å². The van der Waals surface area contributed by atoms with E-state index >= 15 is 0 Å². The van der Waals surface area contributed by atoms with Gasteiger partial charge in [-0.2, -0.15) is 0 Å². The number of nitrogens with zero attached hydrogens (tertiary/aromatic N) is 2. The molecule has 2 aliphatic rings. The van der Waals surface area contributed by atoms with Crippen LogP contribution in [0.1, 0.15) is 29.9 Å². The number of piperidine rings is 1. The molecule has 2 aliphatic heterocycles. The van der Waals surface area contributed by atoms with Gasteiger partial charge in [-0.25, -0.2) is 8.78 Å². The highest BCUT2D eigenvalue weighted by atomic mass is 19.1. The van der Waals surface area contributed by atoms with Gasteiger partial charge < -0.3 is 14.8 Å². The van der Waals surface area contributed by atoms with Gasteiger partial charge in [0.2, 0.25) is 0 Å². The van der Waals surface area contributed by atoms with E-state index in [1.165, 1.54) is 18.2 Å².